The predicted molar refractivity (Wildman–Crippen MR) is 150 cm³/mol. The number of amides is 1. The number of aliphatic hydroxyl groups excluding tert-OH is 1. The van der Waals surface area contributed by atoms with Gasteiger partial charge in [0.15, 0.2) is 16.6 Å². The highest BCUT2D eigenvalue weighted by Gasteiger charge is 2.48. The Bertz CT molecular complexity index is 1710. The summed E-state index contributed by atoms with van der Waals surface area (Å²) in [5.41, 5.74) is 2.32. The first kappa shape index (κ1) is 25.7. The smallest absolute Gasteiger partial charge is 0.301 e. The summed E-state index contributed by atoms with van der Waals surface area (Å²) >= 11 is 1.24. The third-order valence-corrected chi connectivity index (χ3v) is 8.02. The van der Waals surface area contributed by atoms with Crippen molar-refractivity contribution in [1.82, 2.24) is 4.98 Å². The second-order valence-corrected chi connectivity index (χ2v) is 10.6. The number of rotatable bonds is 6. The molecule has 0 spiro atoms. The van der Waals surface area contributed by atoms with Crippen molar-refractivity contribution in [3.63, 3.8) is 0 Å². The van der Waals surface area contributed by atoms with Gasteiger partial charge in [-0.15, -0.1) is 0 Å². The number of hydrogen-bond donors (Lipinski definition) is 2. The molecule has 0 unspecified atom stereocenters. The molecule has 0 radical (unpaired) electrons. The van der Waals surface area contributed by atoms with E-state index in [0.717, 1.165) is 16.0 Å². The Labute approximate surface area is 233 Å². The number of carbonyl (C=O) groups is 2. The molecule has 204 valence electrons. The molecule has 9 nitrogen and oxygen atoms in total. The first-order valence-electron chi connectivity index (χ1n) is 12.8. The highest BCUT2D eigenvalue weighted by Crippen LogP contribution is 2.46. The van der Waals surface area contributed by atoms with Crippen LogP contribution in [0.15, 0.2) is 60.2 Å². The number of phenols is 1. The van der Waals surface area contributed by atoms with Gasteiger partial charge in [0.25, 0.3) is 5.78 Å². The summed E-state index contributed by atoms with van der Waals surface area (Å²) in [5, 5.41) is 22.1. The number of Topliss-reactive ketones (excluding diaryl/α,β-unsaturated/α-hetero) is 1. The number of ketones is 1. The summed E-state index contributed by atoms with van der Waals surface area (Å²) in [4.78, 5) is 33.1. The van der Waals surface area contributed by atoms with Crippen molar-refractivity contribution >= 4 is 44.1 Å². The van der Waals surface area contributed by atoms with E-state index in [4.69, 9.17) is 14.2 Å². The van der Waals surface area contributed by atoms with Crippen LogP contribution >= 0.6 is 11.3 Å². The third-order valence-electron chi connectivity index (χ3n) is 7.00. The molecule has 40 heavy (non-hydrogen) atoms. The molecule has 1 aromatic heterocycles. The summed E-state index contributed by atoms with van der Waals surface area (Å²) in [6.45, 7) is 4.35. The fourth-order valence-electron chi connectivity index (χ4n) is 5.19. The molecule has 1 fully saturated rings. The van der Waals surface area contributed by atoms with Crippen molar-refractivity contribution < 1.29 is 34.0 Å². The number of ether oxygens (including phenoxy) is 3. The second-order valence-electron chi connectivity index (χ2n) is 9.61. The number of hydrogen-bond acceptors (Lipinski definition) is 9. The van der Waals surface area contributed by atoms with Gasteiger partial charge in [0, 0.05) is 12.0 Å². The Morgan fingerprint density at radius 3 is 2.75 bits per heavy atom. The predicted octanol–water partition coefficient (Wildman–Crippen LogP) is 5.36. The van der Waals surface area contributed by atoms with Crippen molar-refractivity contribution in [3.05, 3.63) is 76.9 Å². The first-order chi connectivity index (χ1) is 19.3. The van der Waals surface area contributed by atoms with Crippen molar-refractivity contribution in [2.24, 2.45) is 0 Å². The zero-order valence-electron chi connectivity index (χ0n) is 22.0. The van der Waals surface area contributed by atoms with Gasteiger partial charge in [0.1, 0.15) is 23.4 Å². The number of phenolic OH excluding ortho intramolecular Hbond substituents is 1. The molecule has 6 rings (SSSR count). The van der Waals surface area contributed by atoms with E-state index in [1.165, 1.54) is 29.4 Å². The van der Waals surface area contributed by atoms with Crippen molar-refractivity contribution in [2.45, 2.75) is 32.4 Å². The number of aromatic hydroxyl groups is 1. The van der Waals surface area contributed by atoms with E-state index in [-0.39, 0.29) is 34.1 Å². The Balaban J connectivity index is 1.53. The van der Waals surface area contributed by atoms with Gasteiger partial charge in [0.05, 0.1) is 35.5 Å². The lowest BCUT2D eigenvalue weighted by molar-refractivity contribution is -0.132. The highest BCUT2D eigenvalue weighted by molar-refractivity contribution is 7.22. The fourth-order valence-corrected chi connectivity index (χ4v) is 6.21. The number of aliphatic hydroxyl groups is 1. The van der Waals surface area contributed by atoms with Gasteiger partial charge in [-0.1, -0.05) is 17.4 Å². The minimum absolute atomic E-state index is 0.00437. The van der Waals surface area contributed by atoms with Crippen LogP contribution in [0.5, 0.6) is 23.0 Å². The van der Waals surface area contributed by atoms with Crippen LogP contribution < -0.4 is 19.1 Å². The van der Waals surface area contributed by atoms with Gasteiger partial charge in [0.2, 0.25) is 0 Å². The van der Waals surface area contributed by atoms with Gasteiger partial charge in [-0.2, -0.15) is 0 Å². The van der Waals surface area contributed by atoms with E-state index in [0.29, 0.717) is 35.4 Å². The SMILES string of the molecule is CCOc1ccc2nc(N3C(=O)C(=O)/C(=C(/O)c4ccc5c(c4)C[C@@H](C)O5)[C@@H]3c3ccc(O)c(OC)c3)sc2c1. The molecule has 2 aliphatic rings. The van der Waals surface area contributed by atoms with Gasteiger partial charge < -0.3 is 24.4 Å². The average molecular weight is 559 g/mol. The van der Waals surface area contributed by atoms with Crippen LogP contribution in [0, 0.1) is 0 Å². The molecular weight excluding hydrogens is 532 g/mol. The lowest BCUT2D eigenvalue weighted by Gasteiger charge is -2.23. The van der Waals surface area contributed by atoms with Crippen molar-refractivity contribution in [2.75, 3.05) is 18.6 Å². The number of methoxy groups -OCH3 is 1. The summed E-state index contributed by atoms with van der Waals surface area (Å²) in [5.74, 6) is -0.501. The summed E-state index contributed by atoms with van der Waals surface area (Å²) < 4.78 is 17.5. The first-order valence-corrected chi connectivity index (χ1v) is 13.6. The molecule has 1 amide bonds. The number of anilines is 1. The minimum atomic E-state index is -1.02. The lowest BCUT2D eigenvalue weighted by atomic mass is 9.94. The Morgan fingerprint density at radius 1 is 1.15 bits per heavy atom. The zero-order chi connectivity index (χ0) is 28.1. The largest absolute Gasteiger partial charge is 0.507 e. The van der Waals surface area contributed by atoms with E-state index in [1.54, 1.807) is 42.5 Å². The molecule has 0 bridgehead atoms. The van der Waals surface area contributed by atoms with Gasteiger partial charge >= 0.3 is 5.91 Å². The molecule has 2 N–H and O–H groups in total. The van der Waals surface area contributed by atoms with E-state index in [9.17, 15) is 19.8 Å². The molecule has 0 saturated carbocycles. The topological polar surface area (TPSA) is 118 Å². The molecule has 10 heteroatoms. The third kappa shape index (κ3) is 4.21. The number of benzene rings is 3. The molecule has 2 atom stereocenters. The Kier molecular flexibility index (Phi) is 6.34. The lowest BCUT2D eigenvalue weighted by Crippen LogP contribution is -2.29. The molecule has 3 heterocycles. The Morgan fingerprint density at radius 2 is 1.98 bits per heavy atom. The molecule has 3 aromatic carbocycles. The highest BCUT2D eigenvalue weighted by atomic mass is 32.1. The van der Waals surface area contributed by atoms with E-state index in [2.05, 4.69) is 4.98 Å². The number of nitrogens with zero attached hydrogens (tertiary/aromatic N) is 2. The van der Waals surface area contributed by atoms with Crippen LogP contribution in [-0.4, -0.2) is 46.7 Å². The maximum Gasteiger partial charge on any atom is 0.301 e. The van der Waals surface area contributed by atoms with Crippen LogP contribution in [-0.2, 0) is 16.0 Å². The number of aromatic nitrogens is 1. The van der Waals surface area contributed by atoms with E-state index < -0.39 is 17.7 Å². The fraction of sp³-hybridized carbons (Fsp3) is 0.233. The van der Waals surface area contributed by atoms with E-state index >= 15 is 0 Å². The molecular formula is C30H26N2O7S. The van der Waals surface area contributed by atoms with Crippen LogP contribution in [0.2, 0.25) is 0 Å². The zero-order valence-corrected chi connectivity index (χ0v) is 22.8. The standard InChI is InChI=1S/C30H26N2O7S/c1-4-38-19-7-8-20-24(14-19)40-30(31-20)32-26(16-5-9-21(33)23(13-16)37-3)25(28(35)29(32)36)27(34)17-6-10-22-18(12-17)11-15(2)39-22/h5-10,12-15,26,33-34H,4,11H2,1-3H3/b27-25+/t15-,26+/m1/s1. The molecule has 1 saturated heterocycles. The normalized spacial score (nSPS) is 19.6. The van der Waals surface area contributed by atoms with Crippen LogP contribution in [0.25, 0.3) is 16.0 Å². The van der Waals surface area contributed by atoms with Crippen molar-refractivity contribution in [1.29, 1.82) is 0 Å². The van der Waals surface area contributed by atoms with Crippen LogP contribution in [0.1, 0.15) is 36.6 Å². The summed E-state index contributed by atoms with van der Waals surface area (Å²) in [7, 11) is 1.41. The molecule has 4 aromatic rings. The van der Waals surface area contributed by atoms with E-state index in [1.807, 2.05) is 19.9 Å². The van der Waals surface area contributed by atoms with Gasteiger partial charge in [-0.05, 0) is 73.5 Å². The average Bonchev–Trinajstić information content (AvgIpc) is 3.60. The molecule has 0 aliphatic carbocycles. The van der Waals surface area contributed by atoms with Gasteiger partial charge in [-0.3, -0.25) is 14.5 Å². The van der Waals surface area contributed by atoms with Crippen LogP contribution in [0.4, 0.5) is 5.13 Å². The monoisotopic (exact) mass is 558 g/mol. The number of fused-ring (bicyclic) bond motifs is 2. The quantitative estimate of drug-likeness (QED) is 0.185. The van der Waals surface area contributed by atoms with Gasteiger partial charge in [-0.25, -0.2) is 4.98 Å². The van der Waals surface area contributed by atoms with Crippen LogP contribution in [0.3, 0.4) is 0 Å². The number of thiazole rings is 1. The maximum absolute atomic E-state index is 13.6. The number of carbonyl (C=O) groups excluding carboxylic acids is 2. The Hall–Kier alpha value is -4.57. The summed E-state index contributed by atoms with van der Waals surface area (Å²) in [6, 6.07) is 14.2. The van der Waals surface area contributed by atoms with Crippen molar-refractivity contribution in [3.8, 4) is 23.0 Å². The second kappa shape index (κ2) is 9.87. The minimum Gasteiger partial charge on any atom is -0.507 e. The maximum atomic E-state index is 13.6. The molecule has 2 aliphatic heterocycles. The summed E-state index contributed by atoms with van der Waals surface area (Å²) in [6.07, 6.45) is 0.670.